The van der Waals surface area contributed by atoms with E-state index in [0.717, 1.165) is 25.1 Å². The molecule has 7 heteroatoms. The van der Waals surface area contributed by atoms with Crippen molar-refractivity contribution in [1.29, 1.82) is 0 Å². The summed E-state index contributed by atoms with van der Waals surface area (Å²) in [4.78, 5) is 32.1. The highest BCUT2D eigenvalue weighted by molar-refractivity contribution is 5.94. The van der Waals surface area contributed by atoms with E-state index in [2.05, 4.69) is 22.1 Å². The summed E-state index contributed by atoms with van der Waals surface area (Å²) in [6.45, 7) is 7.55. The molecule has 0 spiro atoms. The van der Waals surface area contributed by atoms with Crippen molar-refractivity contribution in [3.63, 3.8) is 0 Å². The number of rotatable bonds is 7. The first kappa shape index (κ1) is 19.0. The third-order valence-corrected chi connectivity index (χ3v) is 4.20. The third kappa shape index (κ3) is 5.62. The van der Waals surface area contributed by atoms with Crippen molar-refractivity contribution in [3.05, 3.63) is 23.9 Å². The number of hydrogen-bond acceptors (Lipinski definition) is 5. The number of amides is 2. The molecule has 0 radical (unpaired) electrons. The summed E-state index contributed by atoms with van der Waals surface area (Å²) in [5, 5.41) is 2.95. The van der Waals surface area contributed by atoms with Gasteiger partial charge < -0.3 is 19.9 Å². The van der Waals surface area contributed by atoms with E-state index in [9.17, 15) is 9.59 Å². The van der Waals surface area contributed by atoms with Crippen molar-refractivity contribution in [1.82, 2.24) is 15.2 Å². The first-order valence-electron chi connectivity index (χ1n) is 9.06. The second kappa shape index (κ2) is 9.86. The minimum absolute atomic E-state index is 0.0649. The first-order valence-corrected chi connectivity index (χ1v) is 9.06. The second-order valence-electron chi connectivity index (χ2n) is 6.04. The molecule has 2 rings (SSSR count). The molecule has 0 unspecified atom stereocenters. The normalized spacial score (nSPS) is 14.3. The average Bonchev–Trinajstić information content (AvgIpc) is 2.65. The number of nitrogens with zero attached hydrogens (tertiary/aromatic N) is 3. The molecule has 1 aliphatic heterocycles. The largest absolute Gasteiger partial charge is 0.450 e. The Kier molecular flexibility index (Phi) is 7.50. The second-order valence-corrected chi connectivity index (χ2v) is 6.04. The van der Waals surface area contributed by atoms with Crippen molar-refractivity contribution < 1.29 is 14.3 Å². The summed E-state index contributed by atoms with van der Waals surface area (Å²) in [7, 11) is 0. The Hall–Kier alpha value is -2.31. The van der Waals surface area contributed by atoms with E-state index in [0.29, 0.717) is 44.9 Å². The minimum atomic E-state index is -0.268. The summed E-state index contributed by atoms with van der Waals surface area (Å²) >= 11 is 0. The van der Waals surface area contributed by atoms with Crippen LogP contribution < -0.4 is 10.2 Å². The van der Waals surface area contributed by atoms with Crippen LogP contribution in [0, 0.1) is 0 Å². The van der Waals surface area contributed by atoms with Crippen molar-refractivity contribution in [2.24, 2.45) is 0 Å². The lowest BCUT2D eigenvalue weighted by atomic mass is 10.2. The zero-order chi connectivity index (χ0) is 18.1. The molecule has 0 atom stereocenters. The summed E-state index contributed by atoms with van der Waals surface area (Å²) in [5.74, 6) is 0.703. The lowest BCUT2D eigenvalue weighted by molar-refractivity contribution is 0.0952. The topological polar surface area (TPSA) is 74.8 Å². The summed E-state index contributed by atoms with van der Waals surface area (Å²) in [6, 6.07) is 3.54. The number of carbonyl (C=O) groups excluding carboxylic acids is 2. The molecule has 0 aromatic carbocycles. The molecule has 7 nitrogen and oxygen atoms in total. The van der Waals surface area contributed by atoms with Gasteiger partial charge in [-0.15, -0.1) is 0 Å². The van der Waals surface area contributed by atoms with Crippen molar-refractivity contribution in [2.45, 2.75) is 33.1 Å². The van der Waals surface area contributed by atoms with Gasteiger partial charge in [-0.2, -0.15) is 0 Å². The quantitative estimate of drug-likeness (QED) is 0.765. The Balaban J connectivity index is 1.89. The predicted octanol–water partition coefficient (Wildman–Crippen LogP) is 2.28. The van der Waals surface area contributed by atoms with Gasteiger partial charge in [-0.1, -0.05) is 19.8 Å². The molecule has 2 amide bonds. The fourth-order valence-corrected chi connectivity index (χ4v) is 2.74. The van der Waals surface area contributed by atoms with Gasteiger partial charge in [0.1, 0.15) is 5.82 Å². The van der Waals surface area contributed by atoms with Crippen LogP contribution >= 0.6 is 0 Å². The van der Waals surface area contributed by atoms with E-state index in [4.69, 9.17) is 4.74 Å². The maximum atomic E-state index is 12.2. The Morgan fingerprint density at radius 1 is 1.20 bits per heavy atom. The number of carbonyl (C=O) groups is 2. The lowest BCUT2D eigenvalue weighted by Crippen LogP contribution is -2.49. The van der Waals surface area contributed by atoms with Crippen LogP contribution in [0.15, 0.2) is 18.3 Å². The van der Waals surface area contributed by atoms with Gasteiger partial charge in [0, 0.05) is 44.5 Å². The van der Waals surface area contributed by atoms with E-state index in [1.54, 1.807) is 24.1 Å². The van der Waals surface area contributed by atoms with Gasteiger partial charge in [-0.25, -0.2) is 9.78 Å². The number of anilines is 1. The van der Waals surface area contributed by atoms with Gasteiger partial charge in [-0.3, -0.25) is 4.79 Å². The lowest BCUT2D eigenvalue weighted by Gasteiger charge is -2.34. The van der Waals surface area contributed by atoms with Crippen molar-refractivity contribution in [3.8, 4) is 0 Å². The SMILES string of the molecule is CCCCCNC(=O)c1ccnc(N2CCN(C(=O)OCC)CC2)c1. The number of nitrogens with one attached hydrogen (secondary N) is 1. The van der Waals surface area contributed by atoms with Gasteiger partial charge in [0.15, 0.2) is 0 Å². The monoisotopic (exact) mass is 348 g/mol. The molecule has 1 aromatic heterocycles. The van der Waals surface area contributed by atoms with Crippen LogP contribution in [-0.2, 0) is 4.74 Å². The smallest absolute Gasteiger partial charge is 0.409 e. The van der Waals surface area contributed by atoms with Gasteiger partial charge in [-0.05, 0) is 25.5 Å². The van der Waals surface area contributed by atoms with Gasteiger partial charge in [0.2, 0.25) is 0 Å². The highest BCUT2D eigenvalue weighted by atomic mass is 16.6. The van der Waals surface area contributed by atoms with Crippen molar-refractivity contribution >= 4 is 17.8 Å². The molecular formula is C18H28N4O3. The number of ether oxygens (including phenoxy) is 1. The molecule has 0 saturated carbocycles. The van der Waals surface area contributed by atoms with Crippen LogP contribution in [0.2, 0.25) is 0 Å². The number of unbranched alkanes of at least 4 members (excludes halogenated alkanes) is 2. The highest BCUT2D eigenvalue weighted by Gasteiger charge is 2.23. The van der Waals surface area contributed by atoms with Crippen LogP contribution in [0.5, 0.6) is 0 Å². The number of aromatic nitrogens is 1. The summed E-state index contributed by atoms with van der Waals surface area (Å²) in [6.07, 6.45) is 4.64. The number of pyridine rings is 1. The maximum absolute atomic E-state index is 12.2. The van der Waals surface area contributed by atoms with Gasteiger partial charge in [0.25, 0.3) is 5.91 Å². The zero-order valence-electron chi connectivity index (χ0n) is 15.2. The first-order chi connectivity index (χ1) is 12.2. The Morgan fingerprint density at radius 3 is 2.64 bits per heavy atom. The molecule has 1 fully saturated rings. The van der Waals surface area contributed by atoms with Crippen LogP contribution in [0.3, 0.4) is 0 Å². The zero-order valence-corrected chi connectivity index (χ0v) is 15.2. The molecule has 1 aliphatic rings. The molecule has 0 bridgehead atoms. The minimum Gasteiger partial charge on any atom is -0.450 e. The van der Waals surface area contributed by atoms with E-state index in [1.807, 2.05) is 6.07 Å². The molecule has 2 heterocycles. The number of hydrogen-bond donors (Lipinski definition) is 1. The van der Waals surface area contributed by atoms with Crippen LogP contribution in [0.1, 0.15) is 43.5 Å². The predicted molar refractivity (Wildman–Crippen MR) is 96.9 cm³/mol. The maximum Gasteiger partial charge on any atom is 0.409 e. The Bertz CT molecular complexity index is 571. The Labute approximate surface area is 149 Å². The van der Waals surface area contributed by atoms with Crippen LogP contribution in [-0.4, -0.2) is 61.2 Å². The van der Waals surface area contributed by atoms with Crippen LogP contribution in [0.25, 0.3) is 0 Å². The average molecular weight is 348 g/mol. The van der Waals surface area contributed by atoms with E-state index in [1.165, 1.54) is 0 Å². The molecule has 0 aliphatic carbocycles. The fraction of sp³-hybridized carbons (Fsp3) is 0.611. The molecule has 25 heavy (non-hydrogen) atoms. The van der Waals surface area contributed by atoms with E-state index >= 15 is 0 Å². The standard InChI is InChI=1S/C18H28N4O3/c1-3-5-6-8-20-17(23)15-7-9-19-16(14-15)21-10-12-22(13-11-21)18(24)25-4-2/h7,9,14H,3-6,8,10-13H2,1-2H3,(H,20,23). The van der Waals surface area contributed by atoms with Crippen molar-refractivity contribution in [2.75, 3.05) is 44.2 Å². The van der Waals surface area contributed by atoms with Gasteiger partial charge >= 0.3 is 6.09 Å². The highest BCUT2D eigenvalue weighted by Crippen LogP contribution is 2.15. The van der Waals surface area contributed by atoms with E-state index in [-0.39, 0.29) is 12.0 Å². The summed E-state index contributed by atoms with van der Waals surface area (Å²) < 4.78 is 5.03. The third-order valence-electron chi connectivity index (χ3n) is 4.20. The van der Waals surface area contributed by atoms with Gasteiger partial charge in [0.05, 0.1) is 6.61 Å². The molecule has 1 aromatic rings. The fourth-order valence-electron chi connectivity index (χ4n) is 2.74. The number of piperazine rings is 1. The summed E-state index contributed by atoms with van der Waals surface area (Å²) in [5.41, 5.74) is 0.620. The Morgan fingerprint density at radius 2 is 1.96 bits per heavy atom. The van der Waals surface area contributed by atoms with E-state index < -0.39 is 0 Å². The molecule has 138 valence electrons. The molecule has 1 N–H and O–H groups in total. The molecule has 1 saturated heterocycles. The van der Waals surface area contributed by atoms with Crippen LogP contribution in [0.4, 0.5) is 10.6 Å². The molecular weight excluding hydrogens is 320 g/mol.